The van der Waals surface area contributed by atoms with E-state index in [0.717, 1.165) is 24.9 Å². The number of benzene rings is 2. The van der Waals surface area contributed by atoms with Crippen LogP contribution < -0.4 is 10.9 Å². The van der Waals surface area contributed by atoms with Gasteiger partial charge in [0.25, 0.3) is 5.56 Å². The summed E-state index contributed by atoms with van der Waals surface area (Å²) < 4.78 is 1.59. The predicted molar refractivity (Wildman–Crippen MR) is 128 cm³/mol. The minimum Gasteiger partial charge on any atom is -0.352 e. The van der Waals surface area contributed by atoms with Gasteiger partial charge in [-0.15, -0.1) is 0 Å². The van der Waals surface area contributed by atoms with E-state index in [9.17, 15) is 9.59 Å². The van der Waals surface area contributed by atoms with Gasteiger partial charge in [0, 0.05) is 11.1 Å². The molecule has 1 amide bonds. The molecule has 2 atom stereocenters. The van der Waals surface area contributed by atoms with Gasteiger partial charge in [-0.3, -0.25) is 14.2 Å². The van der Waals surface area contributed by atoms with E-state index in [1.165, 1.54) is 17.3 Å². The molecular weight excluding hydrogens is 430 g/mol. The van der Waals surface area contributed by atoms with Crippen LogP contribution in [0, 0.1) is 0 Å². The summed E-state index contributed by atoms with van der Waals surface area (Å²) in [6.07, 6.45) is 3.11. The fourth-order valence-corrected chi connectivity index (χ4v) is 4.50. The monoisotopic (exact) mass is 455 g/mol. The van der Waals surface area contributed by atoms with Crippen molar-refractivity contribution in [2.45, 2.75) is 62.4 Å². The minimum absolute atomic E-state index is 0.0309. The number of nitrogens with zero attached hydrogens (tertiary/aromatic N) is 2. The predicted octanol–water partition coefficient (Wildman–Crippen LogP) is 5.31. The zero-order chi connectivity index (χ0) is 22.1. The highest BCUT2D eigenvalue weighted by atomic mass is 35.5. The summed E-state index contributed by atoms with van der Waals surface area (Å²) in [5, 5.41) is 4.09. The van der Waals surface area contributed by atoms with Crippen molar-refractivity contribution in [1.82, 2.24) is 14.9 Å². The molecule has 4 rings (SSSR count). The first kappa shape index (κ1) is 21.9. The van der Waals surface area contributed by atoms with Crippen LogP contribution in [-0.4, -0.2) is 26.8 Å². The molecule has 1 aliphatic carbocycles. The summed E-state index contributed by atoms with van der Waals surface area (Å²) in [6, 6.07) is 13.4. The van der Waals surface area contributed by atoms with Gasteiger partial charge >= 0.3 is 0 Å². The Morgan fingerprint density at radius 3 is 2.58 bits per heavy atom. The first-order valence-electron chi connectivity index (χ1n) is 10.7. The molecule has 3 aromatic rings. The molecule has 7 heteroatoms. The Balaban J connectivity index is 1.78. The number of rotatable bonds is 7. The SMILES string of the molecule is CCC(C)c1ccc(-n2c(SC(C)C(=O)NC3CC3)nc3ccc(Cl)cc3c2=O)cc1. The van der Waals surface area contributed by atoms with Crippen LogP contribution in [0.5, 0.6) is 0 Å². The molecule has 1 aliphatic rings. The lowest BCUT2D eigenvalue weighted by molar-refractivity contribution is -0.120. The molecule has 5 nitrogen and oxygen atoms in total. The van der Waals surface area contributed by atoms with Crippen LogP contribution in [0.2, 0.25) is 5.02 Å². The van der Waals surface area contributed by atoms with Crippen molar-refractivity contribution in [2.24, 2.45) is 0 Å². The Hall–Kier alpha value is -2.31. The highest BCUT2D eigenvalue weighted by Crippen LogP contribution is 2.28. The number of aromatic nitrogens is 2. The van der Waals surface area contributed by atoms with E-state index < -0.39 is 0 Å². The van der Waals surface area contributed by atoms with Crippen molar-refractivity contribution in [2.75, 3.05) is 0 Å². The van der Waals surface area contributed by atoms with Crippen LogP contribution in [0.25, 0.3) is 16.6 Å². The molecule has 0 radical (unpaired) electrons. The van der Waals surface area contributed by atoms with E-state index in [1.54, 1.807) is 22.8 Å². The number of hydrogen-bond acceptors (Lipinski definition) is 4. The normalized spacial score (nSPS) is 15.6. The molecule has 31 heavy (non-hydrogen) atoms. The summed E-state index contributed by atoms with van der Waals surface area (Å²) in [7, 11) is 0. The van der Waals surface area contributed by atoms with Gasteiger partial charge in [-0.05, 0) is 68.0 Å². The number of halogens is 1. The number of fused-ring (bicyclic) bond motifs is 1. The van der Waals surface area contributed by atoms with Crippen LogP contribution >= 0.6 is 23.4 Å². The standard InChI is InChI=1S/C24H26ClN3O2S/c1-4-14(2)16-5-10-19(11-6-16)28-23(30)20-13-17(25)7-12-21(20)27-24(28)31-15(3)22(29)26-18-8-9-18/h5-7,10-15,18H,4,8-9H2,1-3H3,(H,26,29). The smallest absolute Gasteiger partial charge is 0.266 e. The lowest BCUT2D eigenvalue weighted by Gasteiger charge is -2.17. The van der Waals surface area contributed by atoms with Crippen molar-refractivity contribution in [1.29, 1.82) is 0 Å². The third kappa shape index (κ3) is 4.80. The van der Waals surface area contributed by atoms with E-state index in [-0.39, 0.29) is 22.8 Å². The highest BCUT2D eigenvalue weighted by molar-refractivity contribution is 8.00. The van der Waals surface area contributed by atoms with Gasteiger partial charge in [0.15, 0.2) is 5.16 Å². The van der Waals surface area contributed by atoms with Gasteiger partial charge in [0.05, 0.1) is 21.8 Å². The van der Waals surface area contributed by atoms with Gasteiger partial charge < -0.3 is 5.32 Å². The fraction of sp³-hybridized carbons (Fsp3) is 0.375. The number of carbonyl (C=O) groups excluding carboxylic acids is 1. The van der Waals surface area contributed by atoms with Crippen molar-refractivity contribution >= 4 is 40.2 Å². The Labute approximate surface area is 191 Å². The molecular formula is C24H26ClN3O2S. The molecule has 0 spiro atoms. The third-order valence-corrected chi connectivity index (χ3v) is 6.99. The average Bonchev–Trinajstić information content (AvgIpc) is 3.58. The maximum absolute atomic E-state index is 13.5. The van der Waals surface area contributed by atoms with Crippen molar-refractivity contribution < 1.29 is 4.79 Å². The lowest BCUT2D eigenvalue weighted by atomic mass is 9.98. The summed E-state index contributed by atoms with van der Waals surface area (Å²) in [6.45, 7) is 6.18. The second-order valence-electron chi connectivity index (χ2n) is 8.14. The molecule has 0 saturated heterocycles. The van der Waals surface area contributed by atoms with E-state index in [0.29, 0.717) is 27.0 Å². The number of amides is 1. The lowest BCUT2D eigenvalue weighted by Crippen LogP contribution is -2.33. The van der Waals surface area contributed by atoms with Crippen LogP contribution in [0.15, 0.2) is 52.4 Å². The van der Waals surface area contributed by atoms with Gasteiger partial charge in [0.2, 0.25) is 5.91 Å². The summed E-state index contributed by atoms with van der Waals surface area (Å²) in [4.78, 5) is 30.7. The largest absolute Gasteiger partial charge is 0.352 e. The Kier molecular flexibility index (Phi) is 6.39. The second kappa shape index (κ2) is 9.05. The minimum atomic E-state index is -0.372. The molecule has 1 saturated carbocycles. The van der Waals surface area contributed by atoms with Crippen LogP contribution in [-0.2, 0) is 4.79 Å². The van der Waals surface area contributed by atoms with Gasteiger partial charge in [-0.1, -0.05) is 49.3 Å². The number of thioether (sulfide) groups is 1. The molecule has 162 valence electrons. The Bertz CT molecular complexity index is 1170. The molecule has 1 N–H and O–H groups in total. The first-order chi connectivity index (χ1) is 14.9. The van der Waals surface area contributed by atoms with Crippen LogP contribution in [0.3, 0.4) is 0 Å². The quantitative estimate of drug-likeness (QED) is 0.387. The molecule has 0 aliphatic heterocycles. The maximum Gasteiger partial charge on any atom is 0.266 e. The van der Waals surface area contributed by atoms with E-state index in [4.69, 9.17) is 16.6 Å². The zero-order valence-corrected chi connectivity index (χ0v) is 19.5. The maximum atomic E-state index is 13.5. The number of carbonyl (C=O) groups is 1. The van der Waals surface area contributed by atoms with E-state index >= 15 is 0 Å². The molecule has 1 fully saturated rings. The zero-order valence-electron chi connectivity index (χ0n) is 17.9. The van der Waals surface area contributed by atoms with Crippen molar-refractivity contribution in [3.05, 3.63) is 63.4 Å². The highest BCUT2D eigenvalue weighted by Gasteiger charge is 2.27. The first-order valence-corrected chi connectivity index (χ1v) is 11.9. The Morgan fingerprint density at radius 1 is 1.23 bits per heavy atom. The Morgan fingerprint density at radius 2 is 1.94 bits per heavy atom. The van der Waals surface area contributed by atoms with Gasteiger partial charge in [-0.2, -0.15) is 0 Å². The summed E-state index contributed by atoms with van der Waals surface area (Å²) in [5.41, 5.74) is 2.33. The van der Waals surface area contributed by atoms with Crippen LogP contribution in [0.1, 0.15) is 51.5 Å². The molecule has 2 unspecified atom stereocenters. The average molecular weight is 456 g/mol. The third-order valence-electron chi connectivity index (χ3n) is 5.71. The van der Waals surface area contributed by atoms with Crippen molar-refractivity contribution in [3.63, 3.8) is 0 Å². The fourth-order valence-electron chi connectivity index (χ4n) is 3.39. The molecule has 1 heterocycles. The van der Waals surface area contributed by atoms with Crippen molar-refractivity contribution in [3.8, 4) is 5.69 Å². The van der Waals surface area contributed by atoms with Gasteiger partial charge in [0.1, 0.15) is 0 Å². The number of hydrogen-bond donors (Lipinski definition) is 1. The van der Waals surface area contributed by atoms with Gasteiger partial charge in [-0.25, -0.2) is 4.98 Å². The molecule has 1 aromatic heterocycles. The topological polar surface area (TPSA) is 64.0 Å². The van der Waals surface area contributed by atoms with E-state index in [1.807, 2.05) is 19.1 Å². The number of nitrogens with one attached hydrogen (secondary N) is 1. The molecule has 2 aromatic carbocycles. The summed E-state index contributed by atoms with van der Waals surface area (Å²) in [5.74, 6) is 0.413. The van der Waals surface area contributed by atoms with Crippen LogP contribution in [0.4, 0.5) is 0 Å². The second-order valence-corrected chi connectivity index (χ2v) is 9.88. The molecule has 0 bridgehead atoms. The summed E-state index contributed by atoms with van der Waals surface area (Å²) >= 11 is 7.44. The van der Waals surface area contributed by atoms with E-state index in [2.05, 4.69) is 31.3 Å².